The maximum absolute atomic E-state index is 13.3. The third-order valence-corrected chi connectivity index (χ3v) is 2.20. The second-order valence-corrected chi connectivity index (χ2v) is 3.22. The van der Waals surface area contributed by atoms with Crippen molar-refractivity contribution in [3.05, 3.63) is 29.8 Å². The van der Waals surface area contributed by atoms with Crippen LogP contribution in [-0.2, 0) is 9.59 Å². The summed E-state index contributed by atoms with van der Waals surface area (Å²) >= 11 is 0. The molecule has 0 aromatic heterocycles. The van der Waals surface area contributed by atoms with Gasteiger partial charge in [-0.3, -0.25) is 9.59 Å². The summed E-state index contributed by atoms with van der Waals surface area (Å²) < 4.78 is 25.9. The molecule has 0 aliphatic carbocycles. The summed E-state index contributed by atoms with van der Waals surface area (Å²) in [6.07, 6.45) is 0.158. The molecule has 5 heteroatoms. The molecule has 2 amide bonds. The van der Waals surface area contributed by atoms with E-state index in [-0.39, 0.29) is 18.5 Å². The molecule has 0 spiro atoms. The molecule has 1 saturated heterocycles. The number of rotatable bonds is 1. The Kier molecular flexibility index (Phi) is 2.22. The first-order valence-electron chi connectivity index (χ1n) is 4.40. The molecule has 0 atom stereocenters. The molecule has 1 aromatic rings. The maximum Gasteiger partial charge on any atom is 0.234 e. The number of benzene rings is 1. The van der Waals surface area contributed by atoms with Crippen molar-refractivity contribution in [2.75, 3.05) is 4.90 Å². The van der Waals surface area contributed by atoms with E-state index in [4.69, 9.17) is 0 Å². The number of amides is 2. The predicted molar refractivity (Wildman–Crippen MR) is 48.1 cm³/mol. The van der Waals surface area contributed by atoms with E-state index < -0.39 is 23.4 Å². The fourth-order valence-corrected chi connectivity index (χ4v) is 1.51. The number of carbonyl (C=O) groups excluding carboxylic acids is 2. The van der Waals surface area contributed by atoms with E-state index in [9.17, 15) is 18.4 Å². The van der Waals surface area contributed by atoms with Gasteiger partial charge in [-0.2, -0.15) is 0 Å². The molecule has 0 unspecified atom stereocenters. The fourth-order valence-electron chi connectivity index (χ4n) is 1.51. The van der Waals surface area contributed by atoms with Crippen LogP contribution in [0.15, 0.2) is 18.2 Å². The first-order valence-corrected chi connectivity index (χ1v) is 4.40. The van der Waals surface area contributed by atoms with E-state index >= 15 is 0 Å². The summed E-state index contributed by atoms with van der Waals surface area (Å²) in [5, 5.41) is 0. The second-order valence-electron chi connectivity index (χ2n) is 3.22. The Balaban J connectivity index is 2.45. The SMILES string of the molecule is O=C1CCC(=O)N1c1ccc(F)cc1F. The van der Waals surface area contributed by atoms with Crippen molar-refractivity contribution >= 4 is 17.5 Å². The first-order chi connectivity index (χ1) is 7.09. The molecule has 2 rings (SSSR count). The highest BCUT2D eigenvalue weighted by Gasteiger charge is 2.32. The van der Waals surface area contributed by atoms with E-state index in [1.807, 2.05) is 0 Å². The van der Waals surface area contributed by atoms with Gasteiger partial charge in [0.05, 0.1) is 5.69 Å². The number of nitrogens with zero attached hydrogens (tertiary/aromatic N) is 1. The molecule has 0 bridgehead atoms. The number of hydrogen-bond donors (Lipinski definition) is 0. The summed E-state index contributed by atoms with van der Waals surface area (Å²) in [6, 6.07) is 2.75. The molecule has 0 saturated carbocycles. The van der Waals surface area contributed by atoms with Gasteiger partial charge in [-0.15, -0.1) is 0 Å². The average molecular weight is 211 g/mol. The minimum atomic E-state index is -0.904. The van der Waals surface area contributed by atoms with Crippen molar-refractivity contribution in [1.29, 1.82) is 0 Å². The van der Waals surface area contributed by atoms with Gasteiger partial charge in [-0.1, -0.05) is 0 Å². The van der Waals surface area contributed by atoms with Gasteiger partial charge >= 0.3 is 0 Å². The largest absolute Gasteiger partial charge is 0.274 e. The number of anilines is 1. The van der Waals surface area contributed by atoms with E-state index in [2.05, 4.69) is 0 Å². The number of imide groups is 1. The van der Waals surface area contributed by atoms with Crippen molar-refractivity contribution in [2.24, 2.45) is 0 Å². The molecule has 0 radical (unpaired) electrons. The third-order valence-electron chi connectivity index (χ3n) is 2.20. The van der Waals surface area contributed by atoms with Gasteiger partial charge in [0.15, 0.2) is 0 Å². The lowest BCUT2D eigenvalue weighted by Crippen LogP contribution is -2.29. The van der Waals surface area contributed by atoms with Crippen LogP contribution in [-0.4, -0.2) is 11.8 Å². The summed E-state index contributed by atoms with van der Waals surface area (Å²) in [5.41, 5.74) is -0.177. The summed E-state index contributed by atoms with van der Waals surface area (Å²) in [6.45, 7) is 0. The minimum absolute atomic E-state index is 0.0790. The van der Waals surface area contributed by atoms with Crippen LogP contribution in [0.25, 0.3) is 0 Å². The van der Waals surface area contributed by atoms with Crippen LogP contribution in [0.2, 0.25) is 0 Å². The van der Waals surface area contributed by atoms with Crippen molar-refractivity contribution in [3.8, 4) is 0 Å². The zero-order valence-corrected chi connectivity index (χ0v) is 7.67. The number of hydrogen-bond acceptors (Lipinski definition) is 2. The molecule has 3 nitrogen and oxygen atoms in total. The van der Waals surface area contributed by atoms with Crippen molar-refractivity contribution in [1.82, 2.24) is 0 Å². The van der Waals surface area contributed by atoms with Crippen molar-refractivity contribution in [2.45, 2.75) is 12.8 Å². The molecule has 78 valence electrons. The Labute approximate surface area is 84.3 Å². The Morgan fingerprint density at radius 2 is 1.67 bits per heavy atom. The molecule has 15 heavy (non-hydrogen) atoms. The Hall–Kier alpha value is -1.78. The summed E-state index contributed by atoms with van der Waals surface area (Å²) in [7, 11) is 0. The molecule has 1 aromatic carbocycles. The van der Waals surface area contributed by atoms with Crippen LogP contribution in [0.3, 0.4) is 0 Å². The van der Waals surface area contributed by atoms with Gasteiger partial charge in [0.1, 0.15) is 11.6 Å². The molecule has 0 N–H and O–H groups in total. The summed E-state index contributed by atoms with van der Waals surface area (Å²) in [5.74, 6) is -2.55. The molecule has 1 aliphatic heterocycles. The van der Waals surface area contributed by atoms with Gasteiger partial charge in [0, 0.05) is 18.9 Å². The van der Waals surface area contributed by atoms with Crippen LogP contribution in [0.4, 0.5) is 14.5 Å². The van der Waals surface area contributed by atoms with Crippen LogP contribution < -0.4 is 4.90 Å². The Morgan fingerprint density at radius 1 is 1.07 bits per heavy atom. The van der Waals surface area contributed by atoms with E-state index in [1.165, 1.54) is 0 Å². The van der Waals surface area contributed by atoms with Crippen LogP contribution in [0.5, 0.6) is 0 Å². The third kappa shape index (κ3) is 1.60. The number of halogens is 2. The Morgan fingerprint density at radius 3 is 2.20 bits per heavy atom. The molecular weight excluding hydrogens is 204 g/mol. The quantitative estimate of drug-likeness (QED) is 0.662. The maximum atomic E-state index is 13.3. The van der Waals surface area contributed by atoms with Gasteiger partial charge in [0.2, 0.25) is 11.8 Å². The lowest BCUT2D eigenvalue weighted by atomic mass is 10.2. The van der Waals surface area contributed by atoms with Crippen molar-refractivity contribution in [3.63, 3.8) is 0 Å². The smallest absolute Gasteiger partial charge is 0.234 e. The first kappa shape index (κ1) is 9.76. The monoisotopic (exact) mass is 211 g/mol. The highest BCUT2D eigenvalue weighted by Crippen LogP contribution is 2.25. The topological polar surface area (TPSA) is 37.4 Å². The zero-order chi connectivity index (χ0) is 11.0. The Bertz CT molecular complexity index is 429. The highest BCUT2D eigenvalue weighted by molar-refractivity contribution is 6.19. The van der Waals surface area contributed by atoms with Gasteiger partial charge in [0.25, 0.3) is 0 Å². The zero-order valence-electron chi connectivity index (χ0n) is 7.67. The molecule has 1 aliphatic rings. The average Bonchev–Trinajstić information content (AvgIpc) is 2.48. The van der Waals surface area contributed by atoms with Crippen LogP contribution in [0, 0.1) is 11.6 Å². The van der Waals surface area contributed by atoms with E-state index in [1.54, 1.807) is 0 Å². The standard InChI is InChI=1S/C10H7F2NO2/c11-6-1-2-8(7(12)5-6)13-9(14)3-4-10(13)15/h1-2,5H,3-4H2. The lowest BCUT2D eigenvalue weighted by molar-refractivity contribution is -0.121. The fraction of sp³-hybridized carbons (Fsp3) is 0.200. The predicted octanol–water partition coefficient (Wildman–Crippen LogP) is 1.62. The van der Waals surface area contributed by atoms with Gasteiger partial charge in [-0.05, 0) is 12.1 Å². The minimum Gasteiger partial charge on any atom is -0.274 e. The van der Waals surface area contributed by atoms with Crippen LogP contribution >= 0.6 is 0 Å². The number of carbonyl (C=O) groups is 2. The molecular formula is C10H7F2NO2. The normalized spacial score (nSPS) is 16.3. The molecule has 1 fully saturated rings. The summed E-state index contributed by atoms with van der Waals surface area (Å²) in [4.78, 5) is 23.3. The van der Waals surface area contributed by atoms with Gasteiger partial charge < -0.3 is 0 Å². The van der Waals surface area contributed by atoms with E-state index in [0.29, 0.717) is 6.07 Å². The second kappa shape index (κ2) is 3.42. The van der Waals surface area contributed by atoms with E-state index in [0.717, 1.165) is 17.0 Å². The molecule has 1 heterocycles. The lowest BCUT2D eigenvalue weighted by Gasteiger charge is -2.14. The highest BCUT2D eigenvalue weighted by atomic mass is 19.1. The van der Waals surface area contributed by atoms with Crippen molar-refractivity contribution < 1.29 is 18.4 Å². The van der Waals surface area contributed by atoms with Crippen LogP contribution in [0.1, 0.15) is 12.8 Å². The van der Waals surface area contributed by atoms with Gasteiger partial charge in [-0.25, -0.2) is 13.7 Å².